The third kappa shape index (κ3) is 3.75. The number of benzene rings is 1. The summed E-state index contributed by atoms with van der Waals surface area (Å²) in [5.41, 5.74) is 1.73. The van der Waals surface area contributed by atoms with Gasteiger partial charge in [-0.15, -0.1) is 11.3 Å². The highest BCUT2D eigenvalue weighted by atomic mass is 32.1. The summed E-state index contributed by atoms with van der Waals surface area (Å²) in [6, 6.07) is 3.70. The number of fused-ring (bicyclic) bond motifs is 1. The molecule has 0 unspecified atom stereocenters. The maximum Gasteiger partial charge on any atom is 0.220 e. The van der Waals surface area contributed by atoms with Crippen LogP contribution in [0.1, 0.15) is 17.7 Å². The third-order valence-corrected chi connectivity index (χ3v) is 4.79. The second-order valence-corrected chi connectivity index (χ2v) is 6.47. The molecule has 3 rings (SSSR count). The number of aromatic nitrogens is 2. The van der Waals surface area contributed by atoms with E-state index >= 15 is 0 Å². The zero-order valence-corrected chi connectivity index (χ0v) is 15.8. The molecule has 0 bridgehead atoms. The lowest BCUT2D eigenvalue weighted by molar-refractivity contribution is -0.121. The Morgan fingerprint density at radius 1 is 1.19 bits per heavy atom. The lowest BCUT2D eigenvalue weighted by Gasteiger charge is -2.15. The highest BCUT2D eigenvalue weighted by Gasteiger charge is 2.16. The second-order valence-electron chi connectivity index (χ2n) is 5.60. The molecule has 0 aliphatic heterocycles. The molecule has 0 saturated heterocycles. The van der Waals surface area contributed by atoms with Crippen molar-refractivity contribution in [3.8, 4) is 17.2 Å². The molecule has 0 fully saturated rings. The zero-order chi connectivity index (χ0) is 18.5. The lowest BCUT2D eigenvalue weighted by atomic mass is 10.1. The molecular weight excluding hydrogens is 354 g/mol. The molecule has 26 heavy (non-hydrogen) atoms. The number of carbonyl (C=O) groups is 1. The Bertz CT molecular complexity index is 875. The van der Waals surface area contributed by atoms with E-state index in [1.807, 2.05) is 34.3 Å². The average Bonchev–Trinajstić information content (AvgIpc) is 3.25. The number of methoxy groups -OCH3 is 3. The van der Waals surface area contributed by atoms with E-state index in [0.29, 0.717) is 36.6 Å². The molecule has 1 amide bonds. The fourth-order valence-corrected chi connectivity index (χ4v) is 3.47. The van der Waals surface area contributed by atoms with Gasteiger partial charge in [-0.2, -0.15) is 0 Å². The first-order valence-corrected chi connectivity index (χ1v) is 8.99. The predicted octanol–water partition coefficient (Wildman–Crippen LogP) is 2.67. The van der Waals surface area contributed by atoms with Crippen LogP contribution in [0.3, 0.4) is 0 Å². The van der Waals surface area contributed by atoms with Crippen LogP contribution < -0.4 is 19.5 Å². The van der Waals surface area contributed by atoms with Gasteiger partial charge in [-0.3, -0.25) is 9.20 Å². The fourth-order valence-electron chi connectivity index (χ4n) is 2.75. The van der Waals surface area contributed by atoms with Crippen molar-refractivity contribution in [2.75, 3.05) is 21.3 Å². The van der Waals surface area contributed by atoms with E-state index in [-0.39, 0.29) is 5.91 Å². The molecule has 2 aromatic heterocycles. The van der Waals surface area contributed by atoms with Gasteiger partial charge in [0.2, 0.25) is 11.7 Å². The Morgan fingerprint density at radius 3 is 2.69 bits per heavy atom. The molecule has 138 valence electrons. The standard InChI is InChI=1S/C18H21N3O4S/c1-23-14-6-4-12(16(24-2)17(14)25-3)5-7-15(22)19-10-13-11-21-8-9-26-18(21)20-13/h4,6,8-9,11H,5,7,10H2,1-3H3,(H,19,22). The molecule has 0 atom stereocenters. The van der Waals surface area contributed by atoms with E-state index < -0.39 is 0 Å². The number of thiazole rings is 1. The molecule has 0 radical (unpaired) electrons. The first-order valence-electron chi connectivity index (χ1n) is 8.12. The summed E-state index contributed by atoms with van der Waals surface area (Å²) in [5.74, 6) is 1.68. The number of hydrogen-bond acceptors (Lipinski definition) is 6. The number of nitrogens with zero attached hydrogens (tertiary/aromatic N) is 2. The number of imidazole rings is 1. The Balaban J connectivity index is 1.59. The number of rotatable bonds is 8. The second kappa shape index (κ2) is 8.09. The van der Waals surface area contributed by atoms with Gasteiger partial charge in [0.05, 0.1) is 33.6 Å². The summed E-state index contributed by atoms with van der Waals surface area (Å²) in [5, 5.41) is 4.88. The molecule has 1 aromatic carbocycles. The van der Waals surface area contributed by atoms with Crippen molar-refractivity contribution in [1.82, 2.24) is 14.7 Å². The summed E-state index contributed by atoms with van der Waals surface area (Å²) < 4.78 is 18.0. The van der Waals surface area contributed by atoms with Gasteiger partial charge in [0.25, 0.3) is 0 Å². The van der Waals surface area contributed by atoms with E-state index in [2.05, 4.69) is 10.3 Å². The van der Waals surface area contributed by atoms with Gasteiger partial charge < -0.3 is 19.5 Å². The van der Waals surface area contributed by atoms with Crippen molar-refractivity contribution in [3.05, 3.63) is 41.2 Å². The molecule has 0 aliphatic carbocycles. The van der Waals surface area contributed by atoms with Gasteiger partial charge in [0.1, 0.15) is 0 Å². The minimum Gasteiger partial charge on any atom is -0.493 e. The summed E-state index contributed by atoms with van der Waals surface area (Å²) in [4.78, 5) is 17.5. The quantitative estimate of drug-likeness (QED) is 0.655. The predicted molar refractivity (Wildman–Crippen MR) is 99.3 cm³/mol. The van der Waals surface area contributed by atoms with Crippen LogP contribution in [0.15, 0.2) is 29.9 Å². The molecular formula is C18H21N3O4S. The van der Waals surface area contributed by atoms with Crippen molar-refractivity contribution in [1.29, 1.82) is 0 Å². The van der Waals surface area contributed by atoms with Crippen molar-refractivity contribution in [2.24, 2.45) is 0 Å². The summed E-state index contributed by atoms with van der Waals surface area (Å²) in [7, 11) is 4.71. The molecule has 1 N–H and O–H groups in total. The number of aryl methyl sites for hydroxylation is 1. The van der Waals surface area contributed by atoms with Gasteiger partial charge in [-0.1, -0.05) is 6.07 Å². The number of hydrogen-bond donors (Lipinski definition) is 1. The summed E-state index contributed by atoms with van der Waals surface area (Å²) >= 11 is 1.56. The van der Waals surface area contributed by atoms with Crippen LogP contribution in [0.4, 0.5) is 0 Å². The van der Waals surface area contributed by atoms with Gasteiger partial charge in [0, 0.05) is 24.2 Å². The van der Waals surface area contributed by atoms with Crippen LogP contribution >= 0.6 is 11.3 Å². The highest BCUT2D eigenvalue weighted by molar-refractivity contribution is 7.15. The van der Waals surface area contributed by atoms with E-state index in [1.165, 1.54) is 0 Å². The number of nitrogens with one attached hydrogen (secondary N) is 1. The fraction of sp³-hybridized carbons (Fsp3) is 0.333. The maximum absolute atomic E-state index is 12.2. The average molecular weight is 375 g/mol. The van der Waals surface area contributed by atoms with Gasteiger partial charge in [-0.25, -0.2) is 4.98 Å². The monoisotopic (exact) mass is 375 g/mol. The molecule has 2 heterocycles. The Kier molecular flexibility index (Phi) is 5.62. The van der Waals surface area contributed by atoms with Crippen LogP contribution in [-0.4, -0.2) is 36.6 Å². The normalized spacial score (nSPS) is 10.7. The first-order chi connectivity index (χ1) is 12.7. The molecule has 8 heteroatoms. The van der Waals surface area contributed by atoms with Crippen molar-refractivity contribution in [3.63, 3.8) is 0 Å². The molecule has 7 nitrogen and oxygen atoms in total. The van der Waals surface area contributed by atoms with E-state index in [4.69, 9.17) is 14.2 Å². The highest BCUT2D eigenvalue weighted by Crippen LogP contribution is 2.40. The molecule has 3 aromatic rings. The minimum atomic E-state index is -0.0433. The van der Waals surface area contributed by atoms with Crippen LogP contribution in [0.25, 0.3) is 4.96 Å². The molecule has 0 aliphatic rings. The van der Waals surface area contributed by atoms with Gasteiger partial charge in [-0.05, 0) is 18.1 Å². The van der Waals surface area contributed by atoms with Gasteiger partial charge >= 0.3 is 0 Å². The number of carbonyl (C=O) groups excluding carboxylic acids is 1. The van der Waals surface area contributed by atoms with Crippen LogP contribution in [-0.2, 0) is 17.8 Å². The van der Waals surface area contributed by atoms with Crippen molar-refractivity contribution in [2.45, 2.75) is 19.4 Å². The summed E-state index contributed by atoms with van der Waals surface area (Å²) in [6.45, 7) is 0.413. The van der Waals surface area contributed by atoms with E-state index in [9.17, 15) is 4.79 Å². The first kappa shape index (κ1) is 18.1. The Hall–Kier alpha value is -2.74. The SMILES string of the molecule is COc1ccc(CCC(=O)NCc2cn3ccsc3n2)c(OC)c1OC. The molecule has 0 saturated carbocycles. The Morgan fingerprint density at radius 2 is 2.00 bits per heavy atom. The van der Waals surface area contributed by atoms with Crippen LogP contribution in [0, 0.1) is 0 Å². The number of ether oxygens (including phenoxy) is 3. The largest absolute Gasteiger partial charge is 0.493 e. The minimum absolute atomic E-state index is 0.0433. The lowest BCUT2D eigenvalue weighted by Crippen LogP contribution is -2.23. The smallest absolute Gasteiger partial charge is 0.220 e. The van der Waals surface area contributed by atoms with E-state index in [0.717, 1.165) is 16.2 Å². The van der Waals surface area contributed by atoms with Crippen molar-refractivity contribution >= 4 is 22.2 Å². The van der Waals surface area contributed by atoms with E-state index in [1.54, 1.807) is 32.7 Å². The summed E-state index contributed by atoms with van der Waals surface area (Å²) in [6.07, 6.45) is 4.74. The van der Waals surface area contributed by atoms with Gasteiger partial charge in [0.15, 0.2) is 16.5 Å². The zero-order valence-electron chi connectivity index (χ0n) is 14.9. The van der Waals surface area contributed by atoms with Crippen molar-refractivity contribution < 1.29 is 19.0 Å². The maximum atomic E-state index is 12.2. The van der Waals surface area contributed by atoms with Crippen LogP contribution in [0.2, 0.25) is 0 Å². The topological polar surface area (TPSA) is 74.1 Å². The number of amides is 1. The molecule has 0 spiro atoms. The van der Waals surface area contributed by atoms with Crippen LogP contribution in [0.5, 0.6) is 17.2 Å². The third-order valence-electron chi connectivity index (χ3n) is 4.02. The Labute approximate surface area is 155 Å².